The number of nitrogens with zero attached hydrogens (tertiary/aromatic N) is 2. The van der Waals surface area contributed by atoms with E-state index in [-0.39, 0.29) is 36.0 Å². The summed E-state index contributed by atoms with van der Waals surface area (Å²) in [4.78, 5) is 26.5. The number of nitrogens with one attached hydrogen (secondary N) is 1. The largest absolute Gasteiger partial charge is 0.482 e. The number of ether oxygens (including phenoxy) is 1. The van der Waals surface area contributed by atoms with Crippen molar-refractivity contribution in [1.29, 1.82) is 0 Å². The van der Waals surface area contributed by atoms with Gasteiger partial charge in [-0.25, -0.2) is 0 Å². The summed E-state index contributed by atoms with van der Waals surface area (Å²) >= 11 is 0. The van der Waals surface area contributed by atoms with Gasteiger partial charge >= 0.3 is 5.69 Å². The number of rotatable bonds is 7. The molecule has 1 saturated heterocycles. The predicted molar refractivity (Wildman–Crippen MR) is 116 cm³/mol. The predicted octanol–water partition coefficient (Wildman–Crippen LogP) is 4.08. The van der Waals surface area contributed by atoms with Gasteiger partial charge in [-0.05, 0) is 57.4 Å². The summed E-state index contributed by atoms with van der Waals surface area (Å²) in [6, 6.07) is 12.5. The first-order chi connectivity index (χ1) is 14.4. The van der Waals surface area contributed by atoms with Gasteiger partial charge in [-0.2, -0.15) is 0 Å². The van der Waals surface area contributed by atoms with E-state index in [0.717, 1.165) is 31.5 Å². The fourth-order valence-electron chi connectivity index (χ4n) is 3.93. The molecule has 0 saturated carbocycles. The van der Waals surface area contributed by atoms with Gasteiger partial charge in [-0.3, -0.25) is 14.9 Å². The van der Waals surface area contributed by atoms with E-state index in [0.29, 0.717) is 11.1 Å². The monoisotopic (exact) mass is 411 g/mol. The quantitative estimate of drug-likeness (QED) is 0.548. The third kappa shape index (κ3) is 4.97. The smallest absolute Gasteiger partial charge is 0.311 e. The molecule has 7 heteroatoms. The molecule has 2 aromatic carbocycles. The lowest BCUT2D eigenvalue weighted by molar-refractivity contribution is -0.386. The fourth-order valence-corrected chi connectivity index (χ4v) is 3.93. The van der Waals surface area contributed by atoms with Crippen molar-refractivity contribution in [2.24, 2.45) is 0 Å². The molecule has 2 aromatic rings. The van der Waals surface area contributed by atoms with Crippen LogP contribution in [-0.2, 0) is 6.61 Å². The number of hydrogen-bond donors (Lipinski definition) is 1. The summed E-state index contributed by atoms with van der Waals surface area (Å²) in [6.07, 6.45) is 1.93. The van der Waals surface area contributed by atoms with E-state index in [4.69, 9.17) is 4.74 Å². The van der Waals surface area contributed by atoms with Crippen LogP contribution in [0.5, 0.6) is 5.75 Å². The molecule has 1 heterocycles. The average Bonchev–Trinajstić information content (AvgIpc) is 2.73. The van der Waals surface area contributed by atoms with E-state index in [1.165, 1.54) is 6.07 Å². The molecular formula is C23H29N3O4. The molecule has 160 valence electrons. The SMILES string of the molecule is Cc1cc(OCc2ccccc2)c([N+](=O)[O-])cc1C(=O)N(C(C)C)[C@@H]1CCCNC1. The van der Waals surface area contributed by atoms with E-state index in [1.807, 2.05) is 49.1 Å². The van der Waals surface area contributed by atoms with Crippen molar-refractivity contribution in [2.75, 3.05) is 13.1 Å². The minimum absolute atomic E-state index is 0.00476. The molecule has 1 atom stereocenters. The number of aryl methyl sites for hydroxylation is 1. The van der Waals surface area contributed by atoms with Gasteiger partial charge < -0.3 is 15.0 Å². The van der Waals surface area contributed by atoms with Gasteiger partial charge in [0.05, 0.1) is 4.92 Å². The van der Waals surface area contributed by atoms with Crippen molar-refractivity contribution in [1.82, 2.24) is 10.2 Å². The third-order valence-electron chi connectivity index (χ3n) is 5.43. The van der Waals surface area contributed by atoms with Gasteiger partial charge in [0.1, 0.15) is 6.61 Å². The Kier molecular flexibility index (Phi) is 7.05. The van der Waals surface area contributed by atoms with Crippen LogP contribution >= 0.6 is 0 Å². The molecule has 30 heavy (non-hydrogen) atoms. The summed E-state index contributed by atoms with van der Waals surface area (Å²) in [5.41, 5.74) is 1.75. The number of carbonyl (C=O) groups is 1. The van der Waals surface area contributed by atoms with Crippen LogP contribution in [-0.4, -0.2) is 40.9 Å². The Morgan fingerprint density at radius 3 is 2.63 bits per heavy atom. The number of hydrogen-bond acceptors (Lipinski definition) is 5. The van der Waals surface area contributed by atoms with Crippen LogP contribution in [0.25, 0.3) is 0 Å². The lowest BCUT2D eigenvalue weighted by Gasteiger charge is -2.38. The molecule has 0 aromatic heterocycles. The molecule has 1 amide bonds. The highest BCUT2D eigenvalue weighted by Crippen LogP contribution is 2.32. The zero-order valence-electron chi connectivity index (χ0n) is 17.8. The molecule has 1 aliphatic heterocycles. The molecule has 1 fully saturated rings. The number of piperidine rings is 1. The van der Waals surface area contributed by atoms with Crippen LogP contribution in [0.2, 0.25) is 0 Å². The Balaban J connectivity index is 1.89. The van der Waals surface area contributed by atoms with Crippen molar-refractivity contribution in [3.8, 4) is 5.75 Å². The second kappa shape index (κ2) is 9.71. The van der Waals surface area contributed by atoms with Crippen molar-refractivity contribution in [3.05, 3.63) is 69.3 Å². The Labute approximate surface area is 177 Å². The van der Waals surface area contributed by atoms with Crippen LogP contribution in [0.3, 0.4) is 0 Å². The molecule has 1 aliphatic rings. The second-order valence-electron chi connectivity index (χ2n) is 7.97. The van der Waals surface area contributed by atoms with Crippen LogP contribution in [0.4, 0.5) is 5.69 Å². The van der Waals surface area contributed by atoms with Gasteiger partial charge in [-0.15, -0.1) is 0 Å². The standard InChI is InChI=1S/C23H29N3O4/c1-16(2)25(19-10-7-11-24-14-19)23(27)20-13-21(26(28)29)22(12-17(20)3)30-15-18-8-5-4-6-9-18/h4-6,8-9,12-13,16,19,24H,7,10-11,14-15H2,1-3H3/t19-/m1/s1. The zero-order chi connectivity index (χ0) is 21.7. The molecule has 0 aliphatic carbocycles. The van der Waals surface area contributed by atoms with Crippen molar-refractivity contribution >= 4 is 11.6 Å². The van der Waals surface area contributed by atoms with E-state index in [9.17, 15) is 14.9 Å². The van der Waals surface area contributed by atoms with Gasteiger partial charge in [-0.1, -0.05) is 30.3 Å². The Morgan fingerprint density at radius 1 is 1.30 bits per heavy atom. The van der Waals surface area contributed by atoms with E-state index < -0.39 is 4.92 Å². The molecule has 3 rings (SSSR count). The number of benzene rings is 2. The van der Waals surface area contributed by atoms with E-state index >= 15 is 0 Å². The highest BCUT2D eigenvalue weighted by Gasteiger charge is 2.31. The van der Waals surface area contributed by atoms with Crippen molar-refractivity contribution < 1.29 is 14.5 Å². The normalized spacial score (nSPS) is 16.3. The average molecular weight is 412 g/mol. The molecule has 0 bridgehead atoms. The lowest BCUT2D eigenvalue weighted by Crippen LogP contribution is -2.51. The maximum Gasteiger partial charge on any atom is 0.311 e. The van der Waals surface area contributed by atoms with Gasteiger partial charge in [0.15, 0.2) is 5.75 Å². The van der Waals surface area contributed by atoms with E-state index in [2.05, 4.69) is 5.32 Å². The fraction of sp³-hybridized carbons (Fsp3) is 0.435. The van der Waals surface area contributed by atoms with Crippen LogP contribution in [0.15, 0.2) is 42.5 Å². The molecular weight excluding hydrogens is 382 g/mol. The van der Waals surface area contributed by atoms with Crippen LogP contribution < -0.4 is 10.1 Å². The summed E-state index contributed by atoms with van der Waals surface area (Å²) in [7, 11) is 0. The molecule has 0 unspecified atom stereocenters. The number of carbonyl (C=O) groups excluding carboxylic acids is 1. The Morgan fingerprint density at radius 2 is 2.03 bits per heavy atom. The molecule has 0 spiro atoms. The minimum Gasteiger partial charge on any atom is -0.482 e. The highest BCUT2D eigenvalue weighted by molar-refractivity contribution is 5.97. The summed E-state index contributed by atoms with van der Waals surface area (Å²) < 4.78 is 5.75. The number of nitro benzene ring substituents is 1. The second-order valence-corrected chi connectivity index (χ2v) is 7.97. The van der Waals surface area contributed by atoms with E-state index in [1.54, 1.807) is 13.0 Å². The molecule has 7 nitrogen and oxygen atoms in total. The van der Waals surface area contributed by atoms with Gasteiger partial charge in [0.25, 0.3) is 5.91 Å². The van der Waals surface area contributed by atoms with Crippen molar-refractivity contribution in [3.63, 3.8) is 0 Å². The van der Waals surface area contributed by atoms with Gasteiger partial charge in [0.2, 0.25) is 0 Å². The third-order valence-corrected chi connectivity index (χ3v) is 5.43. The summed E-state index contributed by atoms with van der Waals surface area (Å²) in [6.45, 7) is 7.67. The summed E-state index contributed by atoms with van der Waals surface area (Å²) in [5.74, 6) is 0.00208. The maximum atomic E-state index is 13.4. The maximum absolute atomic E-state index is 13.4. The lowest BCUT2D eigenvalue weighted by atomic mass is 10.00. The van der Waals surface area contributed by atoms with Gasteiger partial charge in [0, 0.05) is 30.3 Å². The first kappa shape index (κ1) is 21.8. The Hall–Kier alpha value is -2.93. The molecule has 0 radical (unpaired) electrons. The van der Waals surface area contributed by atoms with Crippen molar-refractivity contribution in [2.45, 2.75) is 52.3 Å². The first-order valence-corrected chi connectivity index (χ1v) is 10.4. The topological polar surface area (TPSA) is 84.7 Å². The Bertz CT molecular complexity index is 893. The zero-order valence-corrected chi connectivity index (χ0v) is 17.8. The first-order valence-electron chi connectivity index (χ1n) is 10.4. The minimum atomic E-state index is -0.488. The number of nitro groups is 1. The highest BCUT2D eigenvalue weighted by atomic mass is 16.6. The van der Waals surface area contributed by atoms with Crippen LogP contribution in [0, 0.1) is 17.0 Å². The molecule has 1 N–H and O–H groups in total. The number of amides is 1. The summed E-state index contributed by atoms with van der Waals surface area (Å²) in [5, 5.41) is 15.1. The van der Waals surface area contributed by atoms with Crippen LogP contribution in [0.1, 0.15) is 48.2 Å².